The number of thiol groups is 4. The Hall–Kier alpha value is -5.68. The third-order valence-electron chi connectivity index (χ3n) is 11.5. The average Bonchev–Trinajstić information content (AvgIpc) is 0.880. The largest absolute Gasteiger partial charge is 0.508 e. The topological polar surface area (TPSA) is 80.9 Å². The zero-order chi connectivity index (χ0) is 87.8. The van der Waals surface area contributed by atoms with Gasteiger partial charge in [0.05, 0.1) is 0 Å². The summed E-state index contributed by atoms with van der Waals surface area (Å²) >= 11 is 52.9. The van der Waals surface area contributed by atoms with Crippen LogP contribution in [0.5, 0.6) is 23.0 Å². The van der Waals surface area contributed by atoms with Gasteiger partial charge in [-0.25, -0.2) is 0 Å². The van der Waals surface area contributed by atoms with Crippen molar-refractivity contribution in [3.05, 3.63) is 329 Å². The van der Waals surface area contributed by atoms with Crippen LogP contribution in [0.3, 0.4) is 0 Å². The second kappa shape index (κ2) is 87.7. The van der Waals surface area contributed by atoms with Crippen molar-refractivity contribution in [2.75, 3.05) is 0 Å². The molecule has 112 heavy (non-hydrogen) atoms. The van der Waals surface area contributed by atoms with Crippen molar-refractivity contribution >= 4 is 161 Å². The molecule has 0 fully saturated rings. The third kappa shape index (κ3) is 65.6. The fourth-order valence-corrected chi connectivity index (χ4v) is 9.11. The molecule has 0 amide bonds. The monoisotopic (exact) mass is 1930 g/mol. The van der Waals surface area contributed by atoms with Gasteiger partial charge in [-0.1, -0.05) is 373 Å². The summed E-state index contributed by atoms with van der Waals surface area (Å²) in [5, 5.41) is 38.4. The molecule has 0 aliphatic carbocycles. The first-order valence-electron chi connectivity index (χ1n) is 38.2. The average molecular weight is 1940 g/mol. The smallest absolute Gasteiger partial charge is 0.115 e. The lowest BCUT2D eigenvalue weighted by atomic mass is 10.1. The molecule has 0 saturated heterocycles. The molecule has 0 saturated carbocycles. The Morgan fingerprint density at radius 2 is 0.250 bits per heavy atom. The molecule has 16 heteroatoms. The van der Waals surface area contributed by atoms with E-state index in [9.17, 15) is 0 Å². The Bertz CT molecular complexity index is 3110. The number of aromatic hydroxyl groups is 4. The Morgan fingerprint density at radius 1 is 0.161 bits per heavy atom. The molecule has 616 valence electrons. The lowest BCUT2D eigenvalue weighted by Crippen LogP contribution is -1.76. The van der Waals surface area contributed by atoms with Crippen molar-refractivity contribution in [2.45, 2.75) is 186 Å². The second-order valence-corrected chi connectivity index (χ2v) is 25.6. The molecule has 0 aromatic heterocycles. The van der Waals surface area contributed by atoms with Crippen LogP contribution in [-0.2, 0) is 0 Å². The fraction of sp³-hybridized carbons (Fsp3) is 0.250. The van der Waals surface area contributed by atoms with E-state index in [0.717, 1.165) is 79.8 Å². The van der Waals surface area contributed by atoms with E-state index in [2.05, 4.69) is 187 Å². The minimum atomic E-state index is 0.169. The first-order chi connectivity index (χ1) is 54.2. The Morgan fingerprint density at radius 3 is 0.402 bits per heavy atom. The van der Waals surface area contributed by atoms with Gasteiger partial charge in [-0.3, -0.25) is 0 Å². The van der Waals surface area contributed by atoms with Gasteiger partial charge in [0.2, 0.25) is 0 Å². The highest BCUT2D eigenvalue weighted by molar-refractivity contribution is 9.11. The van der Waals surface area contributed by atoms with Gasteiger partial charge in [0.15, 0.2) is 0 Å². The molecule has 0 atom stereocenters. The molecule has 0 heterocycles. The Labute approximate surface area is 755 Å². The van der Waals surface area contributed by atoms with Crippen LogP contribution in [0.25, 0.3) is 44.5 Å². The van der Waals surface area contributed by atoms with Gasteiger partial charge in [0.1, 0.15) is 23.0 Å². The van der Waals surface area contributed by atoms with Crippen LogP contribution in [0.4, 0.5) is 0 Å². The third-order valence-corrected chi connectivity index (χ3v) is 15.8. The summed E-state index contributed by atoms with van der Waals surface area (Å²) in [5.74, 6) is 0.852. The number of halogens is 8. The number of rotatable bonds is 4. The maximum atomic E-state index is 9.11. The summed E-state index contributed by atoms with van der Waals surface area (Å²) in [6.07, 6.45) is 0. The van der Waals surface area contributed by atoms with E-state index in [1.165, 1.54) is 46.5 Å². The van der Waals surface area contributed by atoms with Crippen molar-refractivity contribution in [3.8, 4) is 67.5 Å². The number of phenolic OH excluding ortho intramolecular Hbond substituents is 4. The molecular formula is C96H128Br4Cl4O4S4. The first kappa shape index (κ1) is 122. The molecule has 12 aromatic carbocycles. The van der Waals surface area contributed by atoms with E-state index in [4.69, 9.17) is 66.8 Å². The zero-order valence-corrected chi connectivity index (χ0v) is 83.3. The number of benzene rings is 12. The lowest BCUT2D eigenvalue weighted by Gasteiger charge is -2.01. The van der Waals surface area contributed by atoms with Gasteiger partial charge in [-0.2, -0.15) is 0 Å². The van der Waals surface area contributed by atoms with Crippen LogP contribution < -0.4 is 0 Å². The Kier molecular flexibility index (Phi) is 95.5. The molecule has 0 bridgehead atoms. The number of phenols is 4. The molecular weight excluding hydrogens is 1810 g/mol. The minimum absolute atomic E-state index is 0.169. The minimum Gasteiger partial charge on any atom is -0.508 e. The first-order valence-corrected chi connectivity index (χ1v) is 44.6. The molecule has 12 rings (SSSR count). The van der Waals surface area contributed by atoms with Crippen molar-refractivity contribution in [1.29, 1.82) is 0 Å². The predicted molar refractivity (Wildman–Crippen MR) is 536 cm³/mol. The van der Waals surface area contributed by atoms with Gasteiger partial charge in [0, 0.05) is 57.6 Å². The molecule has 12 aromatic rings. The fourth-order valence-electron chi connectivity index (χ4n) is 6.95. The summed E-state index contributed by atoms with van der Waals surface area (Å²) in [6.45, 7) is 48.0. The molecule has 0 aliphatic heterocycles. The van der Waals surface area contributed by atoms with Gasteiger partial charge in [0.25, 0.3) is 0 Å². The molecule has 4 N–H and O–H groups in total. The summed E-state index contributed by atoms with van der Waals surface area (Å²) in [5.41, 5.74) is 9.21. The molecule has 0 unspecified atom stereocenters. The molecule has 0 spiro atoms. The Balaban J connectivity index is -0.000000178. The maximum Gasteiger partial charge on any atom is 0.115 e. The van der Waals surface area contributed by atoms with Crippen LogP contribution in [0.1, 0.15) is 166 Å². The van der Waals surface area contributed by atoms with E-state index in [-0.39, 0.29) is 23.0 Å². The molecule has 0 aliphatic rings. The van der Waals surface area contributed by atoms with E-state index >= 15 is 0 Å². The summed E-state index contributed by atoms with van der Waals surface area (Å²) in [4.78, 5) is 3.92. The van der Waals surface area contributed by atoms with Crippen LogP contribution in [-0.4, -0.2) is 20.4 Å². The second-order valence-electron chi connectivity index (χ2n) is 18.1. The van der Waals surface area contributed by atoms with Gasteiger partial charge in [-0.15, -0.1) is 50.5 Å². The number of hydrogen-bond acceptors (Lipinski definition) is 8. The summed E-state index contributed by atoms with van der Waals surface area (Å²) in [7, 11) is 0. The van der Waals surface area contributed by atoms with E-state index in [1.807, 2.05) is 312 Å². The van der Waals surface area contributed by atoms with Gasteiger partial charge in [-0.05, 0) is 239 Å². The van der Waals surface area contributed by atoms with Crippen LogP contribution >= 0.6 is 161 Å². The van der Waals surface area contributed by atoms with Crippen molar-refractivity contribution < 1.29 is 20.4 Å². The van der Waals surface area contributed by atoms with Gasteiger partial charge >= 0.3 is 0 Å². The normalized spacial score (nSPS) is 8.32. The number of hydrogen-bond donors (Lipinski definition) is 8. The SMILES string of the molecule is Brc1ccc(-c2ccc(Br)cc2)cc1.Brc1ccc(Br)cc1.CC.CC.CC.CC.CC.CC.CC.CC.CC.CC.CC.CC.Clc1ccc(-c2ccc(Cl)cc2)cc1.Clc1ccc(Cl)cc1.Oc1ccc(-c2ccc(O)cc2)cc1.Oc1ccc(O)cc1.Sc1ccc(-c2ccc(S)cc2)cc1.Sc1ccc(S)cc1. The highest BCUT2D eigenvalue weighted by Gasteiger charge is 2.01. The van der Waals surface area contributed by atoms with E-state index in [0.29, 0.717) is 0 Å². The quantitative estimate of drug-likeness (QED) is 0.0667. The van der Waals surface area contributed by atoms with Gasteiger partial charge < -0.3 is 20.4 Å². The van der Waals surface area contributed by atoms with Crippen LogP contribution in [0.2, 0.25) is 20.1 Å². The standard InChI is InChI=1S/C12H8Br2.C12H8Cl2.C12H10O2.C12H10S2.C6H4Br2.C6H4Cl2.C6H6O2.C6H6S2.12C2H6/c4*13-11-5-1-9(2-6-11)10-3-7-12(14)8-4-10;4*7-5-1-2-6(8)4-3-5;12*1-2/h2*1-8H;2*1-8,13-14H;2*1-4H;2*1-4,7-8H;12*1-2H3. The highest BCUT2D eigenvalue weighted by Crippen LogP contribution is 2.28. The van der Waals surface area contributed by atoms with Crippen LogP contribution in [0.15, 0.2) is 329 Å². The maximum absolute atomic E-state index is 9.11. The lowest BCUT2D eigenvalue weighted by molar-refractivity contribution is 0.460. The summed E-state index contributed by atoms with van der Waals surface area (Å²) in [6, 6.07) is 90.6. The van der Waals surface area contributed by atoms with Crippen molar-refractivity contribution in [1.82, 2.24) is 0 Å². The van der Waals surface area contributed by atoms with E-state index < -0.39 is 0 Å². The zero-order valence-electron chi connectivity index (χ0n) is 70.3. The van der Waals surface area contributed by atoms with E-state index in [1.54, 1.807) is 48.5 Å². The molecule has 4 nitrogen and oxygen atoms in total. The predicted octanol–water partition coefficient (Wildman–Crippen LogP) is 38.1. The van der Waals surface area contributed by atoms with Crippen molar-refractivity contribution in [3.63, 3.8) is 0 Å². The molecule has 0 radical (unpaired) electrons. The van der Waals surface area contributed by atoms with Crippen LogP contribution in [0, 0.1) is 0 Å². The highest BCUT2D eigenvalue weighted by atomic mass is 79.9. The van der Waals surface area contributed by atoms with Crippen molar-refractivity contribution in [2.24, 2.45) is 0 Å². The summed E-state index contributed by atoms with van der Waals surface area (Å²) < 4.78 is 4.44.